The topological polar surface area (TPSA) is 75.3 Å². The maximum atomic E-state index is 5.89. The summed E-state index contributed by atoms with van der Waals surface area (Å²) in [5, 5.41) is 11.2. The first-order valence-electron chi connectivity index (χ1n) is 8.09. The highest BCUT2D eigenvalue weighted by atomic mass is 127. The summed E-state index contributed by atoms with van der Waals surface area (Å²) in [7, 11) is 0. The molecule has 0 radical (unpaired) electrons. The van der Waals surface area contributed by atoms with Crippen LogP contribution in [0, 0.1) is 0 Å². The molecule has 1 aromatic heterocycles. The van der Waals surface area contributed by atoms with Crippen LogP contribution in [0.25, 0.3) is 11.4 Å². The van der Waals surface area contributed by atoms with Gasteiger partial charge in [0, 0.05) is 28.4 Å². The van der Waals surface area contributed by atoms with E-state index in [1.165, 1.54) is 0 Å². The third-order valence-electron chi connectivity index (χ3n) is 3.52. The van der Waals surface area contributed by atoms with Gasteiger partial charge in [-0.3, -0.25) is 0 Å². The molecule has 2 rings (SSSR count). The molecule has 0 atom stereocenters. The monoisotopic (exact) mass is 509 g/mol. The third kappa shape index (κ3) is 7.32. The van der Waals surface area contributed by atoms with E-state index in [2.05, 4.69) is 45.9 Å². The second-order valence-electron chi connectivity index (χ2n) is 6.03. The Morgan fingerprint density at radius 1 is 1.27 bits per heavy atom. The summed E-state index contributed by atoms with van der Waals surface area (Å²) in [5.41, 5.74) is 0.857. The highest BCUT2D eigenvalue weighted by Gasteiger charge is 2.16. The molecule has 26 heavy (non-hydrogen) atoms. The van der Waals surface area contributed by atoms with Crippen molar-refractivity contribution in [3.63, 3.8) is 0 Å². The fourth-order valence-electron chi connectivity index (χ4n) is 1.89. The molecule has 0 unspecified atom stereocenters. The minimum absolute atomic E-state index is 0. The van der Waals surface area contributed by atoms with Gasteiger partial charge in [-0.1, -0.05) is 16.8 Å². The second-order valence-corrected chi connectivity index (χ2v) is 7.98. The minimum atomic E-state index is 0. The average Bonchev–Trinajstić information content (AvgIpc) is 3.07. The standard InChI is InChI=1S/C17H24ClN5OS.HI/c1-5-19-16(21-11-17(2,3)25-4)20-10-14-22-15(23-24-14)12-6-8-13(18)9-7-12;/h6-9H,5,10-11H2,1-4H3,(H2,19,20,21);1H. The lowest BCUT2D eigenvalue weighted by atomic mass is 10.2. The molecule has 0 aliphatic carbocycles. The molecule has 2 aromatic rings. The number of halogens is 2. The number of rotatable bonds is 7. The number of nitrogens with zero attached hydrogens (tertiary/aromatic N) is 3. The molecule has 0 aliphatic rings. The number of aliphatic imine (C=N–C) groups is 1. The van der Waals surface area contributed by atoms with Gasteiger partial charge in [-0.05, 0) is 51.3 Å². The highest BCUT2D eigenvalue weighted by molar-refractivity contribution is 14.0. The third-order valence-corrected chi connectivity index (χ3v) is 5.02. The lowest BCUT2D eigenvalue weighted by Crippen LogP contribution is -2.43. The minimum Gasteiger partial charge on any atom is -0.357 e. The number of benzene rings is 1. The Bertz CT molecular complexity index is 705. The number of nitrogens with one attached hydrogen (secondary N) is 2. The lowest BCUT2D eigenvalue weighted by Gasteiger charge is -2.23. The normalized spacial score (nSPS) is 11.8. The van der Waals surface area contributed by atoms with Crippen molar-refractivity contribution in [3.05, 3.63) is 35.2 Å². The van der Waals surface area contributed by atoms with E-state index in [0.29, 0.717) is 23.3 Å². The van der Waals surface area contributed by atoms with Crippen LogP contribution in [0.3, 0.4) is 0 Å². The van der Waals surface area contributed by atoms with Gasteiger partial charge < -0.3 is 15.2 Å². The van der Waals surface area contributed by atoms with E-state index in [0.717, 1.165) is 24.6 Å². The van der Waals surface area contributed by atoms with Gasteiger partial charge in [0.2, 0.25) is 11.7 Å². The van der Waals surface area contributed by atoms with Gasteiger partial charge in [0.25, 0.3) is 0 Å². The predicted molar refractivity (Wildman–Crippen MR) is 121 cm³/mol. The smallest absolute Gasteiger partial charge is 0.248 e. The number of thioether (sulfide) groups is 1. The number of aromatic nitrogens is 2. The summed E-state index contributed by atoms with van der Waals surface area (Å²) in [6.45, 7) is 8.30. The Kier molecular flexibility index (Phi) is 9.73. The Morgan fingerprint density at radius 2 is 1.96 bits per heavy atom. The van der Waals surface area contributed by atoms with Crippen molar-refractivity contribution in [3.8, 4) is 11.4 Å². The first kappa shape index (κ1) is 23.0. The molecule has 9 heteroatoms. The Morgan fingerprint density at radius 3 is 2.58 bits per heavy atom. The van der Waals surface area contributed by atoms with Gasteiger partial charge in [-0.2, -0.15) is 16.7 Å². The van der Waals surface area contributed by atoms with Crippen molar-refractivity contribution in [1.29, 1.82) is 0 Å². The molecule has 1 heterocycles. The van der Waals surface area contributed by atoms with E-state index >= 15 is 0 Å². The molecule has 0 saturated heterocycles. The molecule has 6 nitrogen and oxygen atoms in total. The Balaban J connectivity index is 0.00000338. The molecule has 1 aromatic carbocycles. The van der Waals surface area contributed by atoms with E-state index in [1.54, 1.807) is 12.1 Å². The summed E-state index contributed by atoms with van der Waals surface area (Å²) in [5.74, 6) is 1.73. The van der Waals surface area contributed by atoms with Gasteiger partial charge in [0.15, 0.2) is 5.96 Å². The van der Waals surface area contributed by atoms with E-state index in [9.17, 15) is 0 Å². The van der Waals surface area contributed by atoms with Crippen molar-refractivity contribution in [2.45, 2.75) is 32.1 Å². The van der Waals surface area contributed by atoms with Gasteiger partial charge in [-0.25, -0.2) is 4.99 Å². The van der Waals surface area contributed by atoms with Crippen LogP contribution in [0.2, 0.25) is 5.02 Å². The van der Waals surface area contributed by atoms with Crippen LogP contribution in [0.4, 0.5) is 0 Å². The first-order chi connectivity index (χ1) is 11.9. The second kappa shape index (κ2) is 11.0. The average molecular weight is 510 g/mol. The zero-order valence-electron chi connectivity index (χ0n) is 15.4. The van der Waals surface area contributed by atoms with Crippen molar-refractivity contribution in [1.82, 2.24) is 20.8 Å². The van der Waals surface area contributed by atoms with Crippen LogP contribution in [0.15, 0.2) is 33.8 Å². The summed E-state index contributed by atoms with van der Waals surface area (Å²) in [6.07, 6.45) is 2.10. The Labute approximate surface area is 181 Å². The van der Waals surface area contributed by atoms with Gasteiger partial charge in [-0.15, -0.1) is 24.0 Å². The van der Waals surface area contributed by atoms with Gasteiger partial charge in [0.05, 0.1) is 0 Å². The zero-order chi connectivity index (χ0) is 18.3. The molecule has 0 saturated carbocycles. The SMILES string of the molecule is CCNC(=NCc1nc(-c2ccc(Cl)cc2)no1)NCC(C)(C)SC.I. The predicted octanol–water partition coefficient (Wildman–Crippen LogP) is 4.20. The molecular weight excluding hydrogens is 485 g/mol. The first-order valence-corrected chi connectivity index (χ1v) is 9.69. The number of hydrogen-bond donors (Lipinski definition) is 2. The molecule has 0 fully saturated rings. The lowest BCUT2D eigenvalue weighted by molar-refractivity contribution is 0.380. The van der Waals surface area contributed by atoms with Crippen molar-refractivity contribution < 1.29 is 4.52 Å². The maximum Gasteiger partial charge on any atom is 0.248 e. The summed E-state index contributed by atoms with van der Waals surface area (Å²) in [4.78, 5) is 8.89. The van der Waals surface area contributed by atoms with E-state index in [1.807, 2.05) is 30.8 Å². The molecule has 0 amide bonds. The van der Waals surface area contributed by atoms with Crippen LogP contribution in [0.5, 0.6) is 0 Å². The van der Waals surface area contributed by atoms with Crippen molar-refractivity contribution in [2.24, 2.45) is 4.99 Å². The van der Waals surface area contributed by atoms with Crippen molar-refractivity contribution >= 4 is 53.3 Å². The fourth-order valence-corrected chi connectivity index (χ4v) is 2.23. The molecule has 2 N–H and O–H groups in total. The molecule has 0 bridgehead atoms. The van der Waals surface area contributed by atoms with Crippen molar-refractivity contribution in [2.75, 3.05) is 19.3 Å². The van der Waals surface area contributed by atoms with Gasteiger partial charge >= 0.3 is 0 Å². The summed E-state index contributed by atoms with van der Waals surface area (Å²) < 4.78 is 5.41. The number of guanidine groups is 1. The molecule has 144 valence electrons. The largest absolute Gasteiger partial charge is 0.357 e. The van der Waals surface area contributed by atoms with Crippen LogP contribution in [0.1, 0.15) is 26.7 Å². The molecular formula is C17H25ClIN5OS. The Hall–Kier alpha value is -1.000. The molecule has 0 spiro atoms. The summed E-state index contributed by atoms with van der Waals surface area (Å²) in [6, 6.07) is 7.31. The quantitative estimate of drug-likeness (QED) is 0.331. The number of hydrogen-bond acceptors (Lipinski definition) is 5. The summed E-state index contributed by atoms with van der Waals surface area (Å²) >= 11 is 7.70. The fraction of sp³-hybridized carbons (Fsp3) is 0.471. The van der Waals surface area contributed by atoms with E-state index in [-0.39, 0.29) is 28.7 Å². The van der Waals surface area contributed by atoms with Gasteiger partial charge in [0.1, 0.15) is 6.54 Å². The van der Waals surface area contributed by atoms with Crippen LogP contribution < -0.4 is 10.6 Å². The zero-order valence-corrected chi connectivity index (χ0v) is 19.3. The molecule has 0 aliphatic heterocycles. The van der Waals surface area contributed by atoms with Crippen LogP contribution in [-0.4, -0.2) is 40.2 Å². The van der Waals surface area contributed by atoms with E-state index < -0.39 is 0 Å². The highest BCUT2D eigenvalue weighted by Crippen LogP contribution is 2.20. The van der Waals surface area contributed by atoms with E-state index in [4.69, 9.17) is 16.1 Å². The maximum absolute atomic E-state index is 5.89. The van der Waals surface area contributed by atoms with Crippen LogP contribution >= 0.6 is 47.3 Å². The van der Waals surface area contributed by atoms with Crippen LogP contribution in [-0.2, 0) is 6.54 Å².